The van der Waals surface area contributed by atoms with Crippen molar-refractivity contribution in [2.45, 2.75) is 6.54 Å². The third-order valence-electron chi connectivity index (χ3n) is 4.45. The zero-order valence-electron chi connectivity index (χ0n) is 14.9. The van der Waals surface area contributed by atoms with E-state index in [1.54, 1.807) is 7.11 Å². The molecule has 1 fully saturated rings. The molecule has 3 rings (SSSR count). The Morgan fingerprint density at radius 1 is 1.00 bits per heavy atom. The van der Waals surface area contributed by atoms with E-state index in [2.05, 4.69) is 71.7 Å². The Labute approximate surface area is 145 Å². The van der Waals surface area contributed by atoms with Crippen LogP contribution in [0.2, 0.25) is 0 Å². The highest BCUT2D eigenvalue weighted by atomic mass is 16.5. The summed E-state index contributed by atoms with van der Waals surface area (Å²) in [6, 6.07) is 15.3. The maximum absolute atomic E-state index is 5.50. The largest absolute Gasteiger partial charge is 0.496 e. The lowest BCUT2D eigenvalue weighted by molar-refractivity contribution is 0.372. The van der Waals surface area contributed by atoms with Crippen LogP contribution in [0, 0.1) is 0 Å². The molecular formula is C20H27N3O. The summed E-state index contributed by atoms with van der Waals surface area (Å²) in [5.41, 5.74) is 5.00. The predicted molar refractivity (Wildman–Crippen MR) is 101 cm³/mol. The molecule has 4 nitrogen and oxygen atoms in total. The fraction of sp³-hybridized carbons (Fsp3) is 0.400. The number of hydrogen-bond donors (Lipinski definition) is 1. The van der Waals surface area contributed by atoms with Crippen molar-refractivity contribution in [2.75, 3.05) is 52.3 Å². The Morgan fingerprint density at radius 3 is 2.29 bits per heavy atom. The first kappa shape index (κ1) is 16.8. The molecule has 0 aliphatic carbocycles. The fourth-order valence-corrected chi connectivity index (χ4v) is 3.21. The summed E-state index contributed by atoms with van der Waals surface area (Å²) in [6.45, 7) is 5.15. The molecule has 2 aromatic carbocycles. The zero-order chi connectivity index (χ0) is 16.9. The third-order valence-corrected chi connectivity index (χ3v) is 4.45. The van der Waals surface area contributed by atoms with E-state index in [-0.39, 0.29) is 0 Å². The highest BCUT2D eigenvalue weighted by Gasteiger charge is 2.11. The second kappa shape index (κ2) is 7.69. The van der Waals surface area contributed by atoms with Gasteiger partial charge in [0.2, 0.25) is 0 Å². The summed E-state index contributed by atoms with van der Waals surface area (Å²) >= 11 is 0. The van der Waals surface area contributed by atoms with Gasteiger partial charge in [-0.1, -0.05) is 18.2 Å². The van der Waals surface area contributed by atoms with Crippen molar-refractivity contribution in [3.63, 3.8) is 0 Å². The van der Waals surface area contributed by atoms with Gasteiger partial charge in [-0.05, 0) is 49.5 Å². The molecule has 1 N–H and O–H groups in total. The van der Waals surface area contributed by atoms with Crippen LogP contribution in [0.25, 0.3) is 11.1 Å². The minimum Gasteiger partial charge on any atom is -0.496 e. The molecule has 0 saturated carbocycles. The predicted octanol–water partition coefficient (Wildman–Crippen LogP) is 2.83. The van der Waals surface area contributed by atoms with E-state index in [0.717, 1.165) is 38.5 Å². The number of anilines is 1. The van der Waals surface area contributed by atoms with Crippen molar-refractivity contribution in [3.8, 4) is 16.9 Å². The van der Waals surface area contributed by atoms with Crippen molar-refractivity contribution in [1.82, 2.24) is 10.2 Å². The van der Waals surface area contributed by atoms with Gasteiger partial charge in [0.25, 0.3) is 0 Å². The van der Waals surface area contributed by atoms with Gasteiger partial charge >= 0.3 is 0 Å². The number of nitrogens with zero attached hydrogens (tertiary/aromatic N) is 2. The maximum Gasteiger partial charge on any atom is 0.123 e. The molecule has 1 aliphatic rings. The molecule has 1 heterocycles. The molecular weight excluding hydrogens is 298 g/mol. The van der Waals surface area contributed by atoms with Crippen LogP contribution >= 0.6 is 0 Å². The first-order valence-corrected chi connectivity index (χ1v) is 8.55. The van der Waals surface area contributed by atoms with Crippen LogP contribution in [0.1, 0.15) is 5.56 Å². The molecule has 4 heteroatoms. The summed E-state index contributed by atoms with van der Waals surface area (Å²) in [4.78, 5) is 4.60. The fourth-order valence-electron chi connectivity index (χ4n) is 3.21. The molecule has 0 bridgehead atoms. The number of nitrogens with one attached hydrogen (secondary N) is 1. The first-order chi connectivity index (χ1) is 11.7. The van der Waals surface area contributed by atoms with Crippen molar-refractivity contribution in [1.29, 1.82) is 0 Å². The Bertz CT molecular complexity index is 661. The number of ether oxygens (including phenoxy) is 1. The standard InChI is InChI=1S/C20H27N3O/c1-22(2)15-18-14-17(6-9-20(18)24-3)16-4-7-19(8-5-16)23-12-10-21-11-13-23/h4-9,14,21H,10-13,15H2,1-3H3. The van der Waals surface area contributed by atoms with Gasteiger partial charge in [0.05, 0.1) is 7.11 Å². The van der Waals surface area contributed by atoms with Crippen LogP contribution < -0.4 is 15.0 Å². The molecule has 0 spiro atoms. The summed E-state index contributed by atoms with van der Waals surface area (Å²) < 4.78 is 5.50. The monoisotopic (exact) mass is 325 g/mol. The van der Waals surface area contributed by atoms with Gasteiger partial charge in [-0.2, -0.15) is 0 Å². The smallest absolute Gasteiger partial charge is 0.123 e. The van der Waals surface area contributed by atoms with E-state index in [1.165, 1.54) is 22.4 Å². The highest BCUT2D eigenvalue weighted by molar-refractivity contribution is 5.68. The van der Waals surface area contributed by atoms with Crippen molar-refractivity contribution in [2.24, 2.45) is 0 Å². The van der Waals surface area contributed by atoms with Crippen LogP contribution in [0.4, 0.5) is 5.69 Å². The molecule has 0 amide bonds. The van der Waals surface area contributed by atoms with Crippen LogP contribution in [-0.2, 0) is 6.54 Å². The van der Waals surface area contributed by atoms with Crippen molar-refractivity contribution < 1.29 is 4.74 Å². The van der Waals surface area contributed by atoms with Crippen LogP contribution in [-0.4, -0.2) is 52.3 Å². The van der Waals surface area contributed by atoms with E-state index < -0.39 is 0 Å². The summed E-state index contributed by atoms with van der Waals surface area (Å²) in [5.74, 6) is 0.949. The highest BCUT2D eigenvalue weighted by Crippen LogP contribution is 2.29. The summed E-state index contributed by atoms with van der Waals surface area (Å²) in [6.07, 6.45) is 0. The number of hydrogen-bond acceptors (Lipinski definition) is 4. The lowest BCUT2D eigenvalue weighted by Crippen LogP contribution is -2.43. The Balaban J connectivity index is 1.83. The molecule has 0 aromatic heterocycles. The van der Waals surface area contributed by atoms with Crippen molar-refractivity contribution >= 4 is 5.69 Å². The number of benzene rings is 2. The molecule has 1 aliphatic heterocycles. The molecule has 128 valence electrons. The van der Waals surface area contributed by atoms with Gasteiger partial charge in [0.15, 0.2) is 0 Å². The van der Waals surface area contributed by atoms with E-state index in [9.17, 15) is 0 Å². The normalized spacial score (nSPS) is 14.9. The number of methoxy groups -OCH3 is 1. The second-order valence-corrected chi connectivity index (χ2v) is 6.55. The minimum atomic E-state index is 0.871. The molecule has 24 heavy (non-hydrogen) atoms. The SMILES string of the molecule is COc1ccc(-c2ccc(N3CCNCC3)cc2)cc1CN(C)C. The second-order valence-electron chi connectivity index (χ2n) is 6.55. The molecule has 0 unspecified atom stereocenters. The minimum absolute atomic E-state index is 0.871. The summed E-state index contributed by atoms with van der Waals surface area (Å²) in [5, 5.41) is 3.40. The Morgan fingerprint density at radius 2 is 1.67 bits per heavy atom. The Kier molecular flexibility index (Phi) is 5.38. The van der Waals surface area contributed by atoms with Crippen LogP contribution in [0.15, 0.2) is 42.5 Å². The van der Waals surface area contributed by atoms with Crippen LogP contribution in [0.5, 0.6) is 5.75 Å². The van der Waals surface area contributed by atoms with Gasteiger partial charge in [0, 0.05) is 44.0 Å². The summed E-state index contributed by atoms with van der Waals surface area (Å²) in [7, 11) is 5.89. The van der Waals surface area contributed by atoms with E-state index in [4.69, 9.17) is 4.74 Å². The van der Waals surface area contributed by atoms with Gasteiger partial charge in [0.1, 0.15) is 5.75 Å². The average molecular weight is 325 g/mol. The molecule has 0 radical (unpaired) electrons. The van der Waals surface area contributed by atoms with E-state index in [0.29, 0.717) is 0 Å². The average Bonchev–Trinajstić information content (AvgIpc) is 2.62. The quantitative estimate of drug-likeness (QED) is 0.915. The lowest BCUT2D eigenvalue weighted by atomic mass is 10.0. The van der Waals surface area contributed by atoms with Gasteiger partial charge in [-0.25, -0.2) is 0 Å². The molecule has 1 saturated heterocycles. The zero-order valence-corrected chi connectivity index (χ0v) is 14.9. The van der Waals surface area contributed by atoms with Gasteiger partial charge in [-0.15, -0.1) is 0 Å². The topological polar surface area (TPSA) is 27.7 Å². The Hall–Kier alpha value is -2.04. The number of rotatable bonds is 5. The lowest BCUT2D eigenvalue weighted by Gasteiger charge is -2.29. The van der Waals surface area contributed by atoms with Crippen molar-refractivity contribution in [3.05, 3.63) is 48.0 Å². The van der Waals surface area contributed by atoms with E-state index in [1.807, 2.05) is 0 Å². The maximum atomic E-state index is 5.50. The first-order valence-electron chi connectivity index (χ1n) is 8.55. The van der Waals surface area contributed by atoms with Gasteiger partial charge < -0.3 is 19.9 Å². The molecule has 2 aromatic rings. The number of piperazine rings is 1. The molecule has 0 atom stereocenters. The van der Waals surface area contributed by atoms with Gasteiger partial charge in [-0.3, -0.25) is 0 Å². The van der Waals surface area contributed by atoms with E-state index >= 15 is 0 Å². The van der Waals surface area contributed by atoms with Crippen LogP contribution in [0.3, 0.4) is 0 Å². The third kappa shape index (κ3) is 3.89.